The zero-order chi connectivity index (χ0) is 54.9. The molecular formula is C67H120O9. The molecule has 2 aromatic carbocycles. The van der Waals surface area contributed by atoms with Gasteiger partial charge < -0.3 is 37.9 Å². The zero-order valence-corrected chi connectivity index (χ0v) is 51.1. The van der Waals surface area contributed by atoms with Gasteiger partial charge in [0.15, 0.2) is 23.0 Å². The number of unbranched alkanes of at least 4 members (excludes halogenated alkanes) is 32. The fraction of sp³-hybridized carbons (Fsp3) is 0.836. The summed E-state index contributed by atoms with van der Waals surface area (Å²) in [5, 5.41) is 1.18. The lowest BCUT2D eigenvalue weighted by Crippen LogP contribution is -2.16. The van der Waals surface area contributed by atoms with Gasteiger partial charge in [0.05, 0.1) is 63.6 Å². The van der Waals surface area contributed by atoms with Crippen LogP contribution in [0.1, 0.15) is 323 Å². The number of ether oxygens (including phenoxy) is 8. The van der Waals surface area contributed by atoms with Crippen molar-refractivity contribution in [1.82, 2.24) is 0 Å². The second kappa shape index (κ2) is 48.9. The average molecular weight is 1070 g/mol. The number of carbonyl (C=O) groups is 1. The van der Waals surface area contributed by atoms with Crippen LogP contribution in [0.4, 0.5) is 0 Å². The first kappa shape index (κ1) is 68.9. The van der Waals surface area contributed by atoms with Crippen molar-refractivity contribution in [2.45, 2.75) is 312 Å². The monoisotopic (exact) mass is 1070 g/mol. The van der Waals surface area contributed by atoms with Crippen molar-refractivity contribution in [1.29, 1.82) is 0 Å². The Morgan fingerprint density at radius 1 is 0.224 bits per heavy atom. The van der Waals surface area contributed by atoms with E-state index in [1.165, 1.54) is 83.5 Å². The van der Waals surface area contributed by atoms with Gasteiger partial charge in [-0.2, -0.15) is 0 Å². The SMILES string of the molecule is CCCCCCCOC(=O)c1c(OCCCCCCC)c(OCCCCCCC)c(OCCCCCCC)c2c(OCCCCCCC)c(OCCCCCCC)c(OCCCCCCC)c(OCCCCCCC)c12. The molecule has 2 rings (SSSR count). The van der Waals surface area contributed by atoms with Crippen molar-refractivity contribution >= 4 is 16.7 Å². The molecule has 76 heavy (non-hydrogen) atoms. The van der Waals surface area contributed by atoms with Crippen LogP contribution in [0.3, 0.4) is 0 Å². The highest BCUT2D eigenvalue weighted by Crippen LogP contribution is 2.60. The Labute approximate surface area is 468 Å². The number of carbonyl (C=O) groups excluding carboxylic acids is 1. The van der Waals surface area contributed by atoms with Crippen LogP contribution in [0.5, 0.6) is 40.2 Å². The molecule has 0 saturated carbocycles. The van der Waals surface area contributed by atoms with Crippen LogP contribution < -0.4 is 33.2 Å². The molecule has 0 spiro atoms. The largest absolute Gasteiger partial charge is 0.489 e. The molecular weight excluding hydrogens is 949 g/mol. The highest BCUT2D eigenvalue weighted by molar-refractivity contribution is 6.16. The van der Waals surface area contributed by atoms with Crippen LogP contribution in [-0.2, 0) is 4.74 Å². The number of rotatable bonds is 56. The Kier molecular flexibility index (Phi) is 44.3. The predicted octanol–water partition coefficient (Wildman–Crippen LogP) is 21.4. The predicted molar refractivity (Wildman–Crippen MR) is 323 cm³/mol. The summed E-state index contributed by atoms with van der Waals surface area (Å²) in [4.78, 5) is 15.6. The highest BCUT2D eigenvalue weighted by atomic mass is 16.6. The van der Waals surface area contributed by atoms with Crippen LogP contribution in [0.2, 0.25) is 0 Å². The van der Waals surface area contributed by atoms with E-state index in [2.05, 4.69) is 55.4 Å². The van der Waals surface area contributed by atoms with Gasteiger partial charge in [0.2, 0.25) is 17.2 Å². The molecule has 9 nitrogen and oxygen atoms in total. The molecule has 0 amide bonds. The molecule has 0 aliphatic carbocycles. The number of esters is 1. The van der Waals surface area contributed by atoms with Crippen LogP contribution in [0.25, 0.3) is 10.8 Å². The van der Waals surface area contributed by atoms with E-state index >= 15 is 4.79 Å². The van der Waals surface area contributed by atoms with Gasteiger partial charge in [0, 0.05) is 0 Å². The van der Waals surface area contributed by atoms with Crippen molar-refractivity contribution in [3.8, 4) is 40.2 Å². The molecule has 0 N–H and O–H groups in total. The van der Waals surface area contributed by atoms with E-state index in [0.717, 1.165) is 173 Å². The van der Waals surface area contributed by atoms with E-state index in [1.54, 1.807) is 0 Å². The second-order valence-electron chi connectivity index (χ2n) is 21.8. The van der Waals surface area contributed by atoms with Gasteiger partial charge >= 0.3 is 5.97 Å². The van der Waals surface area contributed by atoms with E-state index in [1.807, 2.05) is 0 Å². The van der Waals surface area contributed by atoms with E-state index in [0.29, 0.717) is 109 Å². The quantitative estimate of drug-likeness (QED) is 0.0474. The third-order valence-electron chi connectivity index (χ3n) is 14.6. The summed E-state index contributed by atoms with van der Waals surface area (Å²) in [7, 11) is 0. The third kappa shape index (κ3) is 29.1. The van der Waals surface area contributed by atoms with Gasteiger partial charge in [-0.05, 0) is 51.4 Å². The van der Waals surface area contributed by atoms with Gasteiger partial charge in [0.1, 0.15) is 5.56 Å². The van der Waals surface area contributed by atoms with Gasteiger partial charge in [-0.25, -0.2) is 4.79 Å². The van der Waals surface area contributed by atoms with Crippen LogP contribution in [0.15, 0.2) is 0 Å². The number of benzene rings is 2. The molecule has 0 bridgehead atoms. The Morgan fingerprint density at radius 3 is 0.684 bits per heavy atom. The molecule has 0 aromatic heterocycles. The maximum atomic E-state index is 15.6. The third-order valence-corrected chi connectivity index (χ3v) is 14.6. The lowest BCUT2D eigenvalue weighted by molar-refractivity contribution is 0.0494. The van der Waals surface area contributed by atoms with Crippen LogP contribution >= 0.6 is 0 Å². The highest BCUT2D eigenvalue weighted by Gasteiger charge is 2.37. The minimum atomic E-state index is -0.450. The fourth-order valence-corrected chi connectivity index (χ4v) is 9.80. The Hall–Kier alpha value is -3.23. The Bertz CT molecular complexity index is 1650. The van der Waals surface area contributed by atoms with Gasteiger partial charge in [-0.15, -0.1) is 0 Å². The fourth-order valence-electron chi connectivity index (χ4n) is 9.80. The normalized spacial score (nSPS) is 11.4. The summed E-state index contributed by atoms with van der Waals surface area (Å²) in [5.41, 5.74) is 0.307. The molecule has 0 heterocycles. The minimum Gasteiger partial charge on any atom is -0.489 e. The molecule has 0 radical (unpaired) electrons. The first-order valence-corrected chi connectivity index (χ1v) is 32.8. The first-order valence-electron chi connectivity index (χ1n) is 32.8. The van der Waals surface area contributed by atoms with E-state index in [9.17, 15) is 0 Å². The lowest BCUT2D eigenvalue weighted by Gasteiger charge is -2.28. The van der Waals surface area contributed by atoms with E-state index in [-0.39, 0.29) is 0 Å². The van der Waals surface area contributed by atoms with Crippen molar-refractivity contribution in [3.05, 3.63) is 5.56 Å². The van der Waals surface area contributed by atoms with Gasteiger partial charge in [-0.1, -0.05) is 261 Å². The summed E-state index contributed by atoms with van der Waals surface area (Å²) in [5.74, 6) is 2.96. The number of fused-ring (bicyclic) bond motifs is 1. The summed E-state index contributed by atoms with van der Waals surface area (Å²) in [6, 6.07) is 0. The summed E-state index contributed by atoms with van der Waals surface area (Å²) >= 11 is 0. The standard InChI is InChI=1S/C67H120O9/c1-9-17-25-33-41-49-69-60-57-58(62(71-51-43-35-27-19-11-3)66(75-55-47-39-31-23-15-7)65(60)74-54-46-38-30-22-14-6)61(70-50-42-34-26-18-10-2)64(73-53-45-37-29-21-13-5)63(72-52-44-36-28-20-12-4)59(57)67(68)76-56-48-40-32-24-16-8/h9-56H2,1-8H3. The maximum Gasteiger partial charge on any atom is 0.342 e. The van der Waals surface area contributed by atoms with Gasteiger partial charge in [-0.3, -0.25) is 0 Å². The molecule has 2 aromatic rings. The molecule has 0 aliphatic heterocycles. The molecule has 9 heteroatoms. The zero-order valence-electron chi connectivity index (χ0n) is 51.1. The Morgan fingerprint density at radius 2 is 0.421 bits per heavy atom. The van der Waals surface area contributed by atoms with Crippen molar-refractivity contribution in [2.75, 3.05) is 52.9 Å². The van der Waals surface area contributed by atoms with Crippen molar-refractivity contribution in [3.63, 3.8) is 0 Å². The van der Waals surface area contributed by atoms with Crippen molar-refractivity contribution in [2.24, 2.45) is 0 Å². The molecule has 442 valence electrons. The molecule has 0 unspecified atom stereocenters. The average Bonchev–Trinajstić information content (AvgIpc) is 3.45. The first-order chi connectivity index (χ1) is 37.5. The molecule has 0 aliphatic rings. The van der Waals surface area contributed by atoms with Crippen molar-refractivity contribution < 1.29 is 42.7 Å². The summed E-state index contributed by atoms with van der Waals surface area (Å²) < 4.78 is 56.6. The van der Waals surface area contributed by atoms with E-state index < -0.39 is 5.97 Å². The van der Waals surface area contributed by atoms with Gasteiger partial charge in [0.25, 0.3) is 0 Å². The number of hydrogen-bond acceptors (Lipinski definition) is 9. The lowest BCUT2D eigenvalue weighted by atomic mass is 9.97. The summed E-state index contributed by atoms with van der Waals surface area (Å²) in [6.07, 6.45) is 43.2. The second-order valence-corrected chi connectivity index (χ2v) is 21.8. The molecule has 0 fully saturated rings. The minimum absolute atomic E-state index is 0.305. The van der Waals surface area contributed by atoms with Crippen LogP contribution in [0, 0.1) is 0 Å². The number of hydrogen-bond donors (Lipinski definition) is 0. The van der Waals surface area contributed by atoms with E-state index in [4.69, 9.17) is 37.9 Å². The smallest absolute Gasteiger partial charge is 0.342 e. The maximum absolute atomic E-state index is 15.6. The van der Waals surface area contributed by atoms with Crippen LogP contribution in [-0.4, -0.2) is 58.8 Å². The summed E-state index contributed by atoms with van der Waals surface area (Å²) in [6.45, 7) is 21.5. The Balaban J connectivity index is 3.34. The topological polar surface area (TPSA) is 90.9 Å². The molecule has 0 saturated heterocycles. The molecule has 0 atom stereocenters.